The van der Waals surface area contributed by atoms with E-state index in [1.54, 1.807) is 6.21 Å². The molecule has 4 heteroatoms. The van der Waals surface area contributed by atoms with E-state index in [4.69, 9.17) is 4.74 Å². The third-order valence-corrected chi connectivity index (χ3v) is 2.58. The Labute approximate surface area is 105 Å². The first-order valence-electron chi connectivity index (χ1n) is 6.28. The van der Waals surface area contributed by atoms with Crippen LogP contribution in [0.1, 0.15) is 40.5 Å². The summed E-state index contributed by atoms with van der Waals surface area (Å²) in [6.45, 7) is 14.0. The van der Waals surface area contributed by atoms with Crippen LogP contribution in [0.2, 0.25) is 0 Å². The van der Waals surface area contributed by atoms with Crippen molar-refractivity contribution in [3.63, 3.8) is 0 Å². The molecule has 1 atom stereocenters. The van der Waals surface area contributed by atoms with Crippen molar-refractivity contribution in [2.24, 2.45) is 5.10 Å². The predicted octanol–water partition coefficient (Wildman–Crippen LogP) is 2.33. The molecule has 0 saturated carbocycles. The lowest BCUT2D eigenvalue weighted by atomic mass is 10.1. The van der Waals surface area contributed by atoms with Gasteiger partial charge in [-0.15, -0.1) is 0 Å². The molecular formula is C13H25N3O. The van der Waals surface area contributed by atoms with E-state index < -0.39 is 0 Å². The highest BCUT2D eigenvalue weighted by Gasteiger charge is 2.23. The van der Waals surface area contributed by atoms with E-state index in [1.807, 2.05) is 27.7 Å². The molecule has 1 N–H and O–H groups in total. The van der Waals surface area contributed by atoms with Gasteiger partial charge in [-0.1, -0.05) is 0 Å². The van der Waals surface area contributed by atoms with Gasteiger partial charge < -0.3 is 15.1 Å². The number of hydrogen-bond acceptors (Lipinski definition) is 4. The molecule has 0 aromatic carbocycles. The van der Waals surface area contributed by atoms with Gasteiger partial charge in [0.2, 0.25) is 0 Å². The van der Waals surface area contributed by atoms with E-state index in [2.05, 4.69) is 22.0 Å². The molecule has 0 radical (unpaired) electrons. The van der Waals surface area contributed by atoms with E-state index in [-0.39, 0.29) is 5.60 Å². The molecule has 4 nitrogen and oxygen atoms in total. The molecule has 0 aliphatic carbocycles. The molecule has 0 aromatic rings. The number of rotatable bonds is 4. The molecule has 1 aliphatic heterocycles. The fourth-order valence-corrected chi connectivity index (χ4v) is 1.91. The Bertz CT molecular complexity index is 281. The van der Waals surface area contributed by atoms with Crippen molar-refractivity contribution in [1.29, 1.82) is 0 Å². The second-order valence-electron chi connectivity index (χ2n) is 5.41. The fourth-order valence-electron chi connectivity index (χ4n) is 1.91. The van der Waals surface area contributed by atoms with Gasteiger partial charge in [0.1, 0.15) is 5.60 Å². The first kappa shape index (κ1) is 13.9. The maximum absolute atomic E-state index is 5.80. The van der Waals surface area contributed by atoms with Crippen LogP contribution in [0.15, 0.2) is 17.6 Å². The lowest BCUT2D eigenvalue weighted by molar-refractivity contribution is -0.00491. The van der Waals surface area contributed by atoms with Gasteiger partial charge in [-0.25, -0.2) is 0 Å². The zero-order chi connectivity index (χ0) is 12.9. The number of piperidine rings is 1. The zero-order valence-corrected chi connectivity index (χ0v) is 11.5. The minimum atomic E-state index is -0.182. The second-order valence-corrected chi connectivity index (χ2v) is 5.41. The molecule has 0 spiro atoms. The van der Waals surface area contributed by atoms with Crippen molar-refractivity contribution in [3.8, 4) is 0 Å². The van der Waals surface area contributed by atoms with Crippen LogP contribution in [0.4, 0.5) is 0 Å². The second kappa shape index (κ2) is 5.94. The quantitative estimate of drug-likeness (QED) is 0.465. The largest absolute Gasteiger partial charge is 0.474 e. The zero-order valence-electron chi connectivity index (χ0n) is 11.5. The molecule has 1 rings (SSSR count). The van der Waals surface area contributed by atoms with Crippen LogP contribution in [0.5, 0.6) is 0 Å². The highest BCUT2D eigenvalue weighted by molar-refractivity contribution is 5.52. The molecule has 1 heterocycles. The molecule has 1 unspecified atom stereocenters. The topological polar surface area (TPSA) is 36.9 Å². The fraction of sp³-hybridized carbons (Fsp3) is 0.769. The Hall–Kier alpha value is -1.19. The summed E-state index contributed by atoms with van der Waals surface area (Å²) < 4.78 is 5.80. The first-order valence-corrected chi connectivity index (χ1v) is 6.28. The first-order chi connectivity index (χ1) is 7.92. The third kappa shape index (κ3) is 5.11. The van der Waals surface area contributed by atoms with Gasteiger partial charge in [0, 0.05) is 19.3 Å². The monoisotopic (exact) mass is 239 g/mol. The lowest BCUT2D eigenvalue weighted by Crippen LogP contribution is -2.44. The van der Waals surface area contributed by atoms with Crippen LogP contribution in [-0.2, 0) is 4.74 Å². The minimum Gasteiger partial charge on any atom is -0.474 e. The molecule has 17 heavy (non-hydrogen) atoms. The van der Waals surface area contributed by atoms with Crippen LogP contribution >= 0.6 is 0 Å². The standard InChI is InChI=1S/C13H25N3O/c1-6-14-15-12-8-7-9-16(10-12)11(2)17-13(3,4)5/h6,12,15H,2,7-10H2,1,3-5H3/b14-6-. The van der Waals surface area contributed by atoms with Crippen molar-refractivity contribution in [2.45, 2.75) is 52.2 Å². The molecular weight excluding hydrogens is 214 g/mol. The molecule has 1 fully saturated rings. The van der Waals surface area contributed by atoms with Gasteiger partial charge in [0.05, 0.1) is 6.04 Å². The molecule has 98 valence electrons. The maximum Gasteiger partial charge on any atom is 0.182 e. The highest BCUT2D eigenvalue weighted by atomic mass is 16.5. The summed E-state index contributed by atoms with van der Waals surface area (Å²) in [7, 11) is 0. The van der Waals surface area contributed by atoms with E-state index in [0.717, 1.165) is 31.8 Å². The Morgan fingerprint density at radius 2 is 2.24 bits per heavy atom. The summed E-state index contributed by atoms with van der Waals surface area (Å²) in [5, 5.41) is 4.09. The van der Waals surface area contributed by atoms with E-state index >= 15 is 0 Å². The van der Waals surface area contributed by atoms with Gasteiger partial charge in [-0.05, 0) is 47.1 Å². The van der Waals surface area contributed by atoms with Gasteiger partial charge in [0.25, 0.3) is 0 Å². The average molecular weight is 239 g/mol. The predicted molar refractivity (Wildman–Crippen MR) is 71.9 cm³/mol. The lowest BCUT2D eigenvalue weighted by Gasteiger charge is -2.37. The van der Waals surface area contributed by atoms with E-state index in [9.17, 15) is 0 Å². The SMILES string of the molecule is C=C(OC(C)(C)C)N1CCCC(N/N=C\C)C1. The van der Waals surface area contributed by atoms with Crippen molar-refractivity contribution in [2.75, 3.05) is 13.1 Å². The van der Waals surface area contributed by atoms with E-state index in [1.165, 1.54) is 0 Å². The van der Waals surface area contributed by atoms with Crippen LogP contribution in [0.25, 0.3) is 0 Å². The molecule has 0 amide bonds. The van der Waals surface area contributed by atoms with Gasteiger partial charge >= 0.3 is 0 Å². The maximum atomic E-state index is 5.80. The van der Waals surface area contributed by atoms with Gasteiger partial charge in [-0.2, -0.15) is 5.10 Å². The number of likely N-dealkylation sites (tertiary alicyclic amines) is 1. The third-order valence-electron chi connectivity index (χ3n) is 2.58. The van der Waals surface area contributed by atoms with Crippen molar-refractivity contribution >= 4 is 6.21 Å². The smallest absolute Gasteiger partial charge is 0.182 e. The van der Waals surface area contributed by atoms with Crippen LogP contribution in [-0.4, -0.2) is 35.8 Å². The molecule has 1 saturated heterocycles. The van der Waals surface area contributed by atoms with E-state index in [0.29, 0.717) is 6.04 Å². The number of hydrogen-bond donors (Lipinski definition) is 1. The van der Waals surface area contributed by atoms with Crippen LogP contribution in [0.3, 0.4) is 0 Å². The Balaban J connectivity index is 2.46. The molecule has 0 aromatic heterocycles. The van der Waals surface area contributed by atoms with Crippen molar-refractivity contribution in [3.05, 3.63) is 12.5 Å². The summed E-state index contributed by atoms with van der Waals surface area (Å²) in [4.78, 5) is 2.19. The number of nitrogens with one attached hydrogen (secondary N) is 1. The van der Waals surface area contributed by atoms with Crippen LogP contribution in [0, 0.1) is 0 Å². The van der Waals surface area contributed by atoms with Gasteiger partial charge in [0.15, 0.2) is 5.88 Å². The Morgan fingerprint density at radius 1 is 1.53 bits per heavy atom. The number of nitrogens with zero attached hydrogens (tertiary/aromatic N) is 2. The molecule has 1 aliphatic rings. The number of ether oxygens (including phenoxy) is 1. The van der Waals surface area contributed by atoms with Crippen molar-refractivity contribution < 1.29 is 4.74 Å². The Morgan fingerprint density at radius 3 is 2.82 bits per heavy atom. The minimum absolute atomic E-state index is 0.182. The van der Waals surface area contributed by atoms with Crippen LogP contribution < -0.4 is 5.43 Å². The summed E-state index contributed by atoms with van der Waals surface area (Å²) in [6, 6.07) is 0.389. The number of hydrazone groups is 1. The Kier molecular flexibility index (Phi) is 4.85. The summed E-state index contributed by atoms with van der Waals surface area (Å²) >= 11 is 0. The highest BCUT2D eigenvalue weighted by Crippen LogP contribution is 2.19. The molecule has 0 bridgehead atoms. The summed E-state index contributed by atoms with van der Waals surface area (Å²) in [5.41, 5.74) is 2.97. The van der Waals surface area contributed by atoms with Gasteiger partial charge in [-0.3, -0.25) is 0 Å². The normalized spacial score (nSPS) is 21.6. The summed E-state index contributed by atoms with van der Waals surface area (Å²) in [6.07, 6.45) is 4.07. The van der Waals surface area contributed by atoms with Crippen molar-refractivity contribution in [1.82, 2.24) is 10.3 Å². The summed E-state index contributed by atoms with van der Waals surface area (Å²) in [5.74, 6) is 0.768. The average Bonchev–Trinajstić information content (AvgIpc) is 2.24.